The molecule has 0 spiro atoms. The van der Waals surface area contributed by atoms with Crippen LogP contribution in [0.15, 0.2) is 60.8 Å². The molecule has 0 bridgehead atoms. The van der Waals surface area contributed by atoms with Crippen LogP contribution in [0.5, 0.6) is 0 Å². The van der Waals surface area contributed by atoms with E-state index in [1.807, 2.05) is 18.3 Å². The molecule has 0 radical (unpaired) electrons. The van der Waals surface area contributed by atoms with Gasteiger partial charge in [0.1, 0.15) is 5.65 Å². The maximum atomic E-state index is 12.2. The number of carbonyl (C=O) groups excluding carboxylic acids is 2. The molecule has 2 aromatic carbocycles. The molecule has 222 valence electrons. The molecule has 1 aliphatic carbocycles. The van der Waals surface area contributed by atoms with Gasteiger partial charge in [-0.15, -0.1) is 0 Å². The Morgan fingerprint density at radius 2 is 1.67 bits per heavy atom. The van der Waals surface area contributed by atoms with Crippen molar-refractivity contribution in [2.24, 2.45) is 0 Å². The minimum absolute atomic E-state index is 0.173. The Kier molecular flexibility index (Phi) is 7.57. The normalized spacial score (nSPS) is 20.1. The van der Waals surface area contributed by atoms with E-state index in [9.17, 15) is 9.59 Å². The number of piperazine rings is 1. The Balaban J connectivity index is 0.932. The Bertz CT molecular complexity index is 1620. The summed E-state index contributed by atoms with van der Waals surface area (Å²) in [6.07, 6.45) is 7.97. The van der Waals surface area contributed by atoms with Gasteiger partial charge in [0.25, 0.3) is 0 Å². The number of fused-ring (bicyclic) bond motifs is 1. The van der Waals surface area contributed by atoms with Gasteiger partial charge in [-0.1, -0.05) is 37.1 Å². The van der Waals surface area contributed by atoms with Crippen LogP contribution < -0.4 is 15.5 Å². The number of anilines is 3. The zero-order valence-electron chi connectivity index (χ0n) is 24.8. The first-order valence-corrected chi connectivity index (χ1v) is 15.6. The van der Waals surface area contributed by atoms with Crippen molar-refractivity contribution in [3.05, 3.63) is 77.6 Å². The van der Waals surface area contributed by atoms with Crippen molar-refractivity contribution in [2.45, 2.75) is 64.0 Å². The number of aromatic nitrogens is 3. The first kappa shape index (κ1) is 27.6. The van der Waals surface area contributed by atoms with Crippen LogP contribution in [0.4, 0.5) is 17.3 Å². The molecule has 4 heterocycles. The van der Waals surface area contributed by atoms with E-state index in [1.54, 1.807) is 0 Å². The SMILES string of the molecule is Cc1cc2cnc(Nc3ccc(N4CCN(Cc5ccc(C6CCC(=O)NC6=O)cc5)CC4)cc3)nc2n1C1CCCC1. The van der Waals surface area contributed by atoms with Gasteiger partial charge in [0, 0.05) is 73.8 Å². The number of benzene rings is 2. The monoisotopic (exact) mass is 577 g/mol. The van der Waals surface area contributed by atoms with Crippen LogP contribution >= 0.6 is 0 Å². The molecular formula is C34H39N7O2. The van der Waals surface area contributed by atoms with Crippen LogP contribution in [-0.2, 0) is 16.1 Å². The molecule has 3 fully saturated rings. The molecule has 1 unspecified atom stereocenters. The number of nitrogens with zero attached hydrogens (tertiary/aromatic N) is 5. The van der Waals surface area contributed by atoms with Crippen LogP contribution in [0.1, 0.15) is 67.3 Å². The smallest absolute Gasteiger partial charge is 0.234 e. The summed E-state index contributed by atoms with van der Waals surface area (Å²) >= 11 is 0. The second kappa shape index (κ2) is 11.8. The molecule has 2 saturated heterocycles. The minimum Gasteiger partial charge on any atom is -0.369 e. The summed E-state index contributed by atoms with van der Waals surface area (Å²) in [5, 5.41) is 6.98. The first-order valence-electron chi connectivity index (χ1n) is 15.6. The third-order valence-corrected chi connectivity index (χ3v) is 9.35. The molecule has 9 nitrogen and oxygen atoms in total. The van der Waals surface area contributed by atoms with E-state index in [1.165, 1.54) is 42.6 Å². The van der Waals surface area contributed by atoms with Crippen molar-refractivity contribution >= 4 is 40.2 Å². The van der Waals surface area contributed by atoms with Gasteiger partial charge < -0.3 is 14.8 Å². The van der Waals surface area contributed by atoms with Gasteiger partial charge in [0.05, 0.1) is 5.92 Å². The number of hydrogen-bond acceptors (Lipinski definition) is 7. The standard InChI is InChI=1S/C34H39N7O2/c1-23-20-26-21-35-34(38-32(26)41(23)29-4-2-3-5-29)36-27-10-12-28(13-11-27)40-18-16-39(17-19-40)22-24-6-8-25(9-7-24)30-14-15-31(42)37-33(30)43/h6-13,20-21,29-30H,2-5,14-19,22H2,1H3,(H,35,36,38)(H,37,42,43). The lowest BCUT2D eigenvalue weighted by Crippen LogP contribution is -2.45. The fourth-order valence-electron chi connectivity index (χ4n) is 7.00. The summed E-state index contributed by atoms with van der Waals surface area (Å²) in [5.41, 5.74) is 6.73. The number of piperidine rings is 1. The van der Waals surface area contributed by atoms with E-state index in [-0.39, 0.29) is 17.7 Å². The van der Waals surface area contributed by atoms with Gasteiger partial charge in [-0.2, -0.15) is 4.98 Å². The van der Waals surface area contributed by atoms with E-state index in [0.717, 1.165) is 55.0 Å². The Morgan fingerprint density at radius 3 is 2.40 bits per heavy atom. The highest BCUT2D eigenvalue weighted by atomic mass is 16.2. The molecule has 2 amide bonds. The molecule has 7 rings (SSSR count). The maximum Gasteiger partial charge on any atom is 0.234 e. The van der Waals surface area contributed by atoms with Crippen molar-refractivity contribution in [3.8, 4) is 0 Å². The fraction of sp³-hybridized carbons (Fsp3) is 0.412. The maximum absolute atomic E-state index is 12.2. The Hall–Kier alpha value is -4.24. The summed E-state index contributed by atoms with van der Waals surface area (Å²) in [6.45, 7) is 6.98. The lowest BCUT2D eigenvalue weighted by Gasteiger charge is -2.36. The van der Waals surface area contributed by atoms with Crippen LogP contribution in [0.2, 0.25) is 0 Å². The number of imide groups is 1. The van der Waals surface area contributed by atoms with Crippen LogP contribution in [0.25, 0.3) is 11.0 Å². The van der Waals surface area contributed by atoms with Crippen molar-refractivity contribution < 1.29 is 9.59 Å². The number of aryl methyl sites for hydroxylation is 1. The molecule has 1 atom stereocenters. The highest BCUT2D eigenvalue weighted by molar-refractivity contribution is 6.00. The second-order valence-electron chi connectivity index (χ2n) is 12.2. The van der Waals surface area contributed by atoms with Crippen LogP contribution in [0.3, 0.4) is 0 Å². The quantitative estimate of drug-likeness (QED) is 0.283. The Morgan fingerprint density at radius 1 is 0.930 bits per heavy atom. The first-order chi connectivity index (χ1) is 21.0. The number of amides is 2. The van der Waals surface area contributed by atoms with Gasteiger partial charge in [0.15, 0.2) is 0 Å². The largest absolute Gasteiger partial charge is 0.369 e. The third kappa shape index (κ3) is 5.86. The number of hydrogen-bond donors (Lipinski definition) is 2. The van der Waals surface area contributed by atoms with Gasteiger partial charge >= 0.3 is 0 Å². The molecule has 2 N–H and O–H groups in total. The number of carbonyl (C=O) groups is 2. The predicted molar refractivity (Wildman–Crippen MR) is 169 cm³/mol. The van der Waals surface area contributed by atoms with E-state index in [4.69, 9.17) is 4.98 Å². The number of rotatable bonds is 7. The van der Waals surface area contributed by atoms with Crippen molar-refractivity contribution in [1.82, 2.24) is 24.8 Å². The van der Waals surface area contributed by atoms with E-state index in [0.29, 0.717) is 24.8 Å². The summed E-state index contributed by atoms with van der Waals surface area (Å²) < 4.78 is 2.41. The van der Waals surface area contributed by atoms with Crippen molar-refractivity contribution in [2.75, 3.05) is 36.4 Å². The summed E-state index contributed by atoms with van der Waals surface area (Å²) in [7, 11) is 0. The molecule has 2 aliphatic heterocycles. The summed E-state index contributed by atoms with van der Waals surface area (Å²) in [6, 6.07) is 19.6. The van der Waals surface area contributed by atoms with Crippen molar-refractivity contribution in [3.63, 3.8) is 0 Å². The number of nitrogens with one attached hydrogen (secondary N) is 2. The molecule has 2 aromatic heterocycles. The molecule has 4 aromatic rings. The zero-order valence-corrected chi connectivity index (χ0v) is 24.8. The molecule has 1 saturated carbocycles. The molecule has 9 heteroatoms. The molecular weight excluding hydrogens is 538 g/mol. The van der Waals surface area contributed by atoms with Gasteiger partial charge in [0.2, 0.25) is 17.8 Å². The zero-order chi connectivity index (χ0) is 29.3. The van der Waals surface area contributed by atoms with E-state index >= 15 is 0 Å². The highest BCUT2D eigenvalue weighted by Gasteiger charge is 2.28. The van der Waals surface area contributed by atoms with E-state index in [2.05, 4.69) is 79.4 Å². The van der Waals surface area contributed by atoms with Crippen molar-refractivity contribution in [1.29, 1.82) is 0 Å². The molecule has 43 heavy (non-hydrogen) atoms. The van der Waals surface area contributed by atoms with Gasteiger partial charge in [-0.25, -0.2) is 4.98 Å². The second-order valence-corrected chi connectivity index (χ2v) is 12.2. The Labute approximate surface area is 252 Å². The average molecular weight is 578 g/mol. The predicted octanol–water partition coefficient (Wildman–Crippen LogP) is 5.44. The lowest BCUT2D eigenvalue weighted by atomic mass is 9.90. The van der Waals surface area contributed by atoms with Crippen LogP contribution in [0, 0.1) is 6.92 Å². The van der Waals surface area contributed by atoms with Gasteiger partial charge in [-0.05, 0) is 67.6 Å². The topological polar surface area (TPSA) is 95.4 Å². The summed E-state index contributed by atoms with van der Waals surface area (Å²) in [4.78, 5) is 38.1. The average Bonchev–Trinajstić information content (AvgIpc) is 3.65. The van der Waals surface area contributed by atoms with E-state index < -0.39 is 0 Å². The summed E-state index contributed by atoms with van der Waals surface area (Å²) in [5.74, 6) is 0.0505. The molecule has 3 aliphatic rings. The van der Waals surface area contributed by atoms with Gasteiger partial charge in [-0.3, -0.25) is 19.8 Å². The van der Waals surface area contributed by atoms with Crippen LogP contribution in [-0.4, -0.2) is 57.4 Å². The highest BCUT2D eigenvalue weighted by Crippen LogP contribution is 2.34. The lowest BCUT2D eigenvalue weighted by molar-refractivity contribution is -0.134. The minimum atomic E-state index is -0.230. The third-order valence-electron chi connectivity index (χ3n) is 9.35. The fourth-order valence-corrected chi connectivity index (χ4v) is 7.00.